The lowest BCUT2D eigenvalue weighted by atomic mass is 10.9. The number of hydrogen-bond donors (Lipinski definition) is 0. The molecule has 0 atom stereocenters. The highest BCUT2D eigenvalue weighted by Gasteiger charge is 2.46. The van der Waals surface area contributed by atoms with Crippen molar-refractivity contribution < 1.29 is 31.0 Å². The smallest absolute Gasteiger partial charge is 0.421 e. The molecule has 0 fully saturated rings. The molecule has 0 rings (SSSR count). The molecule has 0 spiro atoms. The maximum absolute atomic E-state index is 6.41. The van der Waals surface area contributed by atoms with Crippen molar-refractivity contribution in [1.82, 2.24) is 0 Å². The van der Waals surface area contributed by atoms with Gasteiger partial charge >= 0.3 is 17.6 Å². The molecule has 152 valence electrons. The third-order valence-electron chi connectivity index (χ3n) is 4.45. The molecule has 7 nitrogen and oxygen atoms in total. The lowest BCUT2D eigenvalue weighted by molar-refractivity contribution is 0.124. The molecule has 0 heterocycles. The van der Waals surface area contributed by atoms with Crippen LogP contribution in [0.15, 0.2) is 0 Å². The standard InChI is InChI=1S/C14H38O7Si4/c1-15-24(16-2,17-3)12-11-23(9,10)21-13-22(7,8)14-25(18-4,19-5)20-6/h11-14H2,1-10H3. The summed E-state index contributed by atoms with van der Waals surface area (Å²) in [5.41, 5.74) is 0.834. The summed E-state index contributed by atoms with van der Waals surface area (Å²) in [4.78, 5) is 0. The summed E-state index contributed by atoms with van der Waals surface area (Å²) < 4.78 is 39.7. The summed E-state index contributed by atoms with van der Waals surface area (Å²) in [6.07, 6.45) is 0.762. The van der Waals surface area contributed by atoms with Gasteiger partial charge in [0.2, 0.25) is 0 Å². The highest BCUT2D eigenvalue weighted by atomic mass is 28.4. The summed E-state index contributed by atoms with van der Waals surface area (Å²) in [5, 5.41) is 0. The first kappa shape index (κ1) is 25.6. The van der Waals surface area contributed by atoms with Crippen molar-refractivity contribution in [2.24, 2.45) is 0 Å². The van der Waals surface area contributed by atoms with Gasteiger partial charge in [-0.2, -0.15) is 0 Å². The van der Waals surface area contributed by atoms with Crippen LogP contribution in [0.5, 0.6) is 0 Å². The molecule has 0 aliphatic heterocycles. The first-order valence-corrected chi connectivity index (χ1v) is 18.8. The van der Waals surface area contributed by atoms with Gasteiger partial charge in [-0.3, -0.25) is 0 Å². The van der Waals surface area contributed by atoms with E-state index in [0.29, 0.717) is 0 Å². The molecule has 0 amide bonds. The molecule has 0 aromatic heterocycles. The molecule has 0 bridgehead atoms. The fourth-order valence-corrected chi connectivity index (χ4v) is 17.9. The molecule has 0 saturated heterocycles. The summed E-state index contributed by atoms with van der Waals surface area (Å²) in [5.74, 6) is 0. The summed E-state index contributed by atoms with van der Waals surface area (Å²) in [6, 6.07) is 1.70. The second-order valence-corrected chi connectivity index (χ2v) is 23.5. The normalized spacial score (nSPS) is 14.2. The van der Waals surface area contributed by atoms with Gasteiger partial charge in [-0.25, -0.2) is 0 Å². The van der Waals surface area contributed by atoms with Crippen molar-refractivity contribution in [2.75, 3.05) is 48.9 Å². The minimum atomic E-state index is -2.57. The van der Waals surface area contributed by atoms with E-state index in [1.807, 2.05) is 0 Å². The van der Waals surface area contributed by atoms with Crippen molar-refractivity contribution in [3.63, 3.8) is 0 Å². The quantitative estimate of drug-likeness (QED) is 0.393. The van der Waals surface area contributed by atoms with Crippen LogP contribution in [0.4, 0.5) is 0 Å². The Kier molecular flexibility index (Phi) is 11.1. The molecule has 0 aromatic carbocycles. The van der Waals surface area contributed by atoms with Crippen LogP contribution in [0.25, 0.3) is 0 Å². The van der Waals surface area contributed by atoms with Gasteiger partial charge in [-0.05, 0) is 19.1 Å². The van der Waals surface area contributed by atoms with Gasteiger partial charge in [0.15, 0.2) is 8.32 Å². The molecule has 0 aliphatic carbocycles. The lowest BCUT2D eigenvalue weighted by Gasteiger charge is -2.35. The van der Waals surface area contributed by atoms with Crippen LogP contribution >= 0.6 is 0 Å². The molecule has 0 saturated carbocycles. The average Bonchev–Trinajstić information content (AvgIpc) is 2.60. The average molecular weight is 431 g/mol. The van der Waals surface area contributed by atoms with Crippen LogP contribution < -0.4 is 0 Å². The zero-order chi connectivity index (χ0) is 19.8. The van der Waals surface area contributed by atoms with Crippen LogP contribution in [0.1, 0.15) is 0 Å². The molecule has 25 heavy (non-hydrogen) atoms. The van der Waals surface area contributed by atoms with Gasteiger partial charge in [0.05, 0.1) is 8.07 Å². The van der Waals surface area contributed by atoms with Crippen LogP contribution in [0.3, 0.4) is 0 Å². The second kappa shape index (κ2) is 10.8. The minimum absolute atomic E-state index is 0.762. The molecule has 11 heteroatoms. The van der Waals surface area contributed by atoms with Crippen molar-refractivity contribution in [3.05, 3.63) is 0 Å². The fraction of sp³-hybridized carbons (Fsp3) is 1.00. The van der Waals surface area contributed by atoms with E-state index < -0.39 is 34.0 Å². The lowest BCUT2D eigenvalue weighted by Crippen LogP contribution is -2.53. The Bertz CT molecular complexity index is 358. The van der Waals surface area contributed by atoms with Crippen LogP contribution in [-0.4, -0.2) is 82.9 Å². The fourth-order valence-electron chi connectivity index (χ4n) is 2.58. The van der Waals surface area contributed by atoms with Crippen molar-refractivity contribution in [2.45, 2.75) is 43.9 Å². The van der Waals surface area contributed by atoms with Crippen LogP contribution in [0, 0.1) is 0 Å². The van der Waals surface area contributed by atoms with Crippen LogP contribution in [0.2, 0.25) is 43.9 Å². The van der Waals surface area contributed by atoms with Crippen molar-refractivity contribution in [3.8, 4) is 0 Å². The van der Waals surface area contributed by atoms with E-state index in [4.69, 9.17) is 31.0 Å². The first-order chi connectivity index (χ1) is 11.5. The molecular formula is C14H38O7Si4. The number of rotatable bonds is 14. The molecule has 0 unspecified atom stereocenters. The van der Waals surface area contributed by atoms with Gasteiger partial charge in [0.1, 0.15) is 0 Å². The molecule has 0 N–H and O–H groups in total. The monoisotopic (exact) mass is 430 g/mol. The molecular weight excluding hydrogens is 392 g/mol. The number of hydrogen-bond acceptors (Lipinski definition) is 7. The van der Waals surface area contributed by atoms with Gasteiger partial charge in [0, 0.05) is 60.6 Å². The Morgan fingerprint density at radius 3 is 1.32 bits per heavy atom. The Morgan fingerprint density at radius 2 is 0.960 bits per heavy atom. The van der Waals surface area contributed by atoms with E-state index in [1.165, 1.54) is 0 Å². The zero-order valence-corrected chi connectivity index (χ0v) is 21.7. The SMILES string of the molecule is CO[Si](CC[Si](C)(C)OC[Si](C)(C)C[Si](OC)(OC)OC)(OC)OC. The highest BCUT2D eigenvalue weighted by molar-refractivity contribution is 6.89. The third kappa shape index (κ3) is 8.42. The topological polar surface area (TPSA) is 64.6 Å². The van der Waals surface area contributed by atoms with Gasteiger partial charge < -0.3 is 31.0 Å². The van der Waals surface area contributed by atoms with Gasteiger partial charge in [0.25, 0.3) is 0 Å². The van der Waals surface area contributed by atoms with Crippen LogP contribution in [-0.2, 0) is 31.0 Å². The Hall–Kier alpha value is 0.588. The summed E-state index contributed by atoms with van der Waals surface area (Å²) in [6.45, 7) is 9.03. The zero-order valence-electron chi connectivity index (χ0n) is 17.7. The first-order valence-electron chi connectivity index (χ1n) is 8.43. The molecule has 0 aromatic rings. The van der Waals surface area contributed by atoms with Gasteiger partial charge in [-0.15, -0.1) is 0 Å². The summed E-state index contributed by atoms with van der Waals surface area (Å²) in [7, 11) is 1.26. The largest absolute Gasteiger partial charge is 0.499 e. The summed E-state index contributed by atoms with van der Waals surface area (Å²) >= 11 is 0. The van der Waals surface area contributed by atoms with Crippen molar-refractivity contribution in [1.29, 1.82) is 0 Å². The maximum Gasteiger partial charge on any atom is 0.499 e. The Morgan fingerprint density at radius 1 is 0.560 bits per heavy atom. The Labute approximate surface area is 158 Å². The van der Waals surface area contributed by atoms with E-state index in [-0.39, 0.29) is 0 Å². The minimum Gasteiger partial charge on any atom is -0.421 e. The molecule has 0 aliphatic rings. The van der Waals surface area contributed by atoms with E-state index in [0.717, 1.165) is 24.0 Å². The molecule has 0 radical (unpaired) electrons. The maximum atomic E-state index is 6.41. The second-order valence-electron chi connectivity index (χ2n) is 7.48. The predicted octanol–water partition coefficient (Wildman–Crippen LogP) is 2.75. The third-order valence-corrected chi connectivity index (χ3v) is 18.7. The van der Waals surface area contributed by atoms with Crippen molar-refractivity contribution >= 4 is 34.0 Å². The predicted molar refractivity (Wildman–Crippen MR) is 109 cm³/mol. The Balaban J connectivity index is 4.75. The van der Waals surface area contributed by atoms with Gasteiger partial charge in [-0.1, -0.05) is 13.1 Å². The van der Waals surface area contributed by atoms with E-state index >= 15 is 0 Å². The van der Waals surface area contributed by atoms with E-state index in [2.05, 4.69) is 26.2 Å². The van der Waals surface area contributed by atoms with E-state index in [1.54, 1.807) is 42.7 Å². The van der Waals surface area contributed by atoms with E-state index in [9.17, 15) is 0 Å². The highest BCUT2D eigenvalue weighted by Crippen LogP contribution is 2.26.